The zero-order valence-corrected chi connectivity index (χ0v) is 15.8. The number of methoxy groups -OCH3 is 1. The molecule has 0 fully saturated rings. The number of fused-ring (bicyclic) bond motifs is 1. The molecule has 2 aromatic carbocycles. The lowest BCUT2D eigenvalue weighted by Gasteiger charge is -2.13. The van der Waals surface area contributed by atoms with Gasteiger partial charge >= 0.3 is 0 Å². The molecule has 0 aliphatic rings. The Hall–Kier alpha value is -3.64. The van der Waals surface area contributed by atoms with E-state index < -0.39 is 6.10 Å². The Morgan fingerprint density at radius 2 is 1.93 bits per heavy atom. The van der Waals surface area contributed by atoms with Crippen LogP contribution in [0.5, 0.6) is 5.75 Å². The normalized spacial score (nSPS) is 11.9. The zero-order chi connectivity index (χ0) is 20.2. The molecule has 1 atom stereocenters. The van der Waals surface area contributed by atoms with Crippen LogP contribution in [0.1, 0.15) is 22.2 Å². The maximum Gasteiger partial charge on any atom is 0.252 e. The second-order valence-corrected chi connectivity index (χ2v) is 6.54. The molecule has 2 heterocycles. The number of carbonyl (C=O) groups is 1. The zero-order valence-electron chi connectivity index (χ0n) is 15.8. The average molecular weight is 388 g/mol. The smallest absolute Gasteiger partial charge is 0.252 e. The number of para-hydroxylation sites is 1. The van der Waals surface area contributed by atoms with E-state index in [-0.39, 0.29) is 12.5 Å². The Morgan fingerprint density at radius 3 is 2.66 bits per heavy atom. The Morgan fingerprint density at radius 1 is 1.14 bits per heavy atom. The maximum atomic E-state index is 12.9. The van der Waals surface area contributed by atoms with Gasteiger partial charge in [0, 0.05) is 10.9 Å². The van der Waals surface area contributed by atoms with Crippen LogP contribution in [0.3, 0.4) is 0 Å². The number of nitrogens with one attached hydrogen (secondary N) is 1. The summed E-state index contributed by atoms with van der Waals surface area (Å²) in [6.07, 6.45) is 0.570. The molecule has 146 valence electrons. The number of ether oxygens (including phenoxy) is 1. The van der Waals surface area contributed by atoms with Crippen molar-refractivity contribution in [1.29, 1.82) is 0 Å². The molecule has 4 rings (SSSR count). The number of aromatic nitrogens is 1. The van der Waals surface area contributed by atoms with E-state index in [1.807, 2.05) is 48.5 Å². The molecule has 0 bridgehead atoms. The van der Waals surface area contributed by atoms with Gasteiger partial charge in [-0.25, -0.2) is 4.98 Å². The van der Waals surface area contributed by atoms with E-state index in [0.29, 0.717) is 17.0 Å². The number of benzene rings is 2. The second kappa shape index (κ2) is 8.16. The standard InChI is InChI=1S/C23H20N2O4/c1-28-16-10-8-15(9-11-16)20-13-18(17-5-2-3-6-19(17)25-20)23(27)24-14-21(26)22-7-4-12-29-22/h2-13,21,26H,14H2,1H3,(H,24,27). The molecule has 6 heteroatoms. The van der Waals surface area contributed by atoms with Crippen molar-refractivity contribution in [1.82, 2.24) is 10.3 Å². The fraction of sp³-hybridized carbons (Fsp3) is 0.130. The molecule has 2 N–H and O–H groups in total. The lowest BCUT2D eigenvalue weighted by Crippen LogP contribution is -2.28. The summed E-state index contributed by atoms with van der Waals surface area (Å²) in [7, 11) is 1.61. The molecule has 4 aromatic rings. The maximum absolute atomic E-state index is 12.9. The molecule has 1 amide bonds. The van der Waals surface area contributed by atoms with Crippen LogP contribution in [0.15, 0.2) is 77.4 Å². The molecule has 1 unspecified atom stereocenters. The molecule has 0 spiro atoms. The van der Waals surface area contributed by atoms with E-state index in [1.54, 1.807) is 25.3 Å². The Balaban J connectivity index is 1.65. The van der Waals surface area contributed by atoms with Crippen LogP contribution in [-0.4, -0.2) is 29.7 Å². The number of hydrogen-bond acceptors (Lipinski definition) is 5. The summed E-state index contributed by atoms with van der Waals surface area (Å²) in [5.41, 5.74) is 2.77. The Kier molecular flexibility index (Phi) is 5.27. The first-order valence-corrected chi connectivity index (χ1v) is 9.19. The highest BCUT2D eigenvalue weighted by Crippen LogP contribution is 2.26. The van der Waals surface area contributed by atoms with Gasteiger partial charge in [0.2, 0.25) is 0 Å². The Bertz CT molecular complexity index is 1120. The first-order valence-electron chi connectivity index (χ1n) is 9.19. The van der Waals surface area contributed by atoms with E-state index in [0.717, 1.165) is 22.2 Å². The second-order valence-electron chi connectivity index (χ2n) is 6.54. The summed E-state index contributed by atoms with van der Waals surface area (Å²) in [5.74, 6) is 0.868. The first kappa shape index (κ1) is 18.7. The van der Waals surface area contributed by atoms with Crippen molar-refractivity contribution in [2.75, 3.05) is 13.7 Å². The monoisotopic (exact) mass is 388 g/mol. The molecule has 0 radical (unpaired) electrons. The highest BCUT2D eigenvalue weighted by atomic mass is 16.5. The fourth-order valence-electron chi connectivity index (χ4n) is 3.14. The molecular formula is C23H20N2O4. The molecule has 29 heavy (non-hydrogen) atoms. The lowest BCUT2D eigenvalue weighted by atomic mass is 10.0. The van der Waals surface area contributed by atoms with Crippen molar-refractivity contribution in [3.05, 3.63) is 84.3 Å². The van der Waals surface area contributed by atoms with Crippen molar-refractivity contribution >= 4 is 16.8 Å². The summed E-state index contributed by atoms with van der Waals surface area (Å²) < 4.78 is 10.4. The van der Waals surface area contributed by atoms with Gasteiger partial charge in [-0.2, -0.15) is 0 Å². The molecule has 0 aliphatic heterocycles. The van der Waals surface area contributed by atoms with Gasteiger partial charge < -0.3 is 19.6 Å². The number of rotatable bonds is 6. The third kappa shape index (κ3) is 3.97. The minimum atomic E-state index is -0.914. The topological polar surface area (TPSA) is 84.6 Å². The van der Waals surface area contributed by atoms with Crippen LogP contribution in [0.4, 0.5) is 0 Å². The number of aliphatic hydroxyl groups is 1. The number of amides is 1. The van der Waals surface area contributed by atoms with Crippen LogP contribution in [0.25, 0.3) is 22.2 Å². The largest absolute Gasteiger partial charge is 0.497 e. The molecule has 0 aliphatic carbocycles. The van der Waals surface area contributed by atoms with Crippen molar-refractivity contribution in [2.45, 2.75) is 6.10 Å². The molecule has 2 aromatic heterocycles. The van der Waals surface area contributed by atoms with Crippen molar-refractivity contribution in [2.24, 2.45) is 0 Å². The lowest BCUT2D eigenvalue weighted by molar-refractivity contribution is 0.0902. The van der Waals surface area contributed by atoms with E-state index >= 15 is 0 Å². The number of nitrogens with zero attached hydrogens (tertiary/aromatic N) is 1. The van der Waals surface area contributed by atoms with E-state index in [4.69, 9.17) is 14.1 Å². The number of pyridine rings is 1. The van der Waals surface area contributed by atoms with Crippen LogP contribution in [0.2, 0.25) is 0 Å². The summed E-state index contributed by atoms with van der Waals surface area (Å²) in [6, 6.07) is 20.1. The fourth-order valence-corrected chi connectivity index (χ4v) is 3.14. The first-order chi connectivity index (χ1) is 14.2. The molecule has 6 nitrogen and oxygen atoms in total. The third-order valence-electron chi connectivity index (χ3n) is 4.67. The van der Waals surface area contributed by atoms with Gasteiger partial charge in [0.1, 0.15) is 17.6 Å². The average Bonchev–Trinajstić information content (AvgIpc) is 3.31. The van der Waals surface area contributed by atoms with Gasteiger partial charge in [-0.1, -0.05) is 18.2 Å². The number of furan rings is 1. The predicted molar refractivity (Wildman–Crippen MR) is 110 cm³/mol. The van der Waals surface area contributed by atoms with Gasteiger partial charge in [0.25, 0.3) is 5.91 Å². The Labute approximate surface area is 167 Å². The number of carbonyl (C=O) groups excluding carboxylic acids is 1. The molecular weight excluding hydrogens is 368 g/mol. The predicted octanol–water partition coefficient (Wildman–Crippen LogP) is 3.97. The quantitative estimate of drug-likeness (QED) is 0.522. The number of aliphatic hydroxyl groups excluding tert-OH is 1. The SMILES string of the molecule is COc1ccc(-c2cc(C(=O)NCC(O)c3ccco3)c3ccccc3n2)cc1. The molecule has 0 saturated heterocycles. The summed E-state index contributed by atoms with van der Waals surface area (Å²) >= 11 is 0. The van der Waals surface area contributed by atoms with Crippen LogP contribution >= 0.6 is 0 Å². The highest BCUT2D eigenvalue weighted by Gasteiger charge is 2.16. The van der Waals surface area contributed by atoms with Crippen molar-refractivity contribution in [3.63, 3.8) is 0 Å². The third-order valence-corrected chi connectivity index (χ3v) is 4.67. The van der Waals surface area contributed by atoms with Crippen molar-refractivity contribution < 1.29 is 19.1 Å². The van der Waals surface area contributed by atoms with Crippen molar-refractivity contribution in [3.8, 4) is 17.0 Å². The minimum Gasteiger partial charge on any atom is -0.497 e. The van der Waals surface area contributed by atoms with Gasteiger partial charge in [-0.05, 0) is 48.5 Å². The van der Waals surface area contributed by atoms with E-state index in [1.165, 1.54) is 6.26 Å². The summed E-state index contributed by atoms with van der Waals surface area (Å²) in [4.78, 5) is 17.6. The van der Waals surface area contributed by atoms with Gasteiger partial charge in [-0.15, -0.1) is 0 Å². The van der Waals surface area contributed by atoms with Gasteiger partial charge in [0.05, 0.1) is 36.7 Å². The van der Waals surface area contributed by atoms with E-state index in [2.05, 4.69) is 5.32 Å². The van der Waals surface area contributed by atoms with E-state index in [9.17, 15) is 9.90 Å². The molecule has 0 saturated carbocycles. The minimum absolute atomic E-state index is 0.0425. The summed E-state index contributed by atoms with van der Waals surface area (Å²) in [6.45, 7) is 0.0425. The number of hydrogen-bond donors (Lipinski definition) is 2. The van der Waals surface area contributed by atoms with Crippen LogP contribution in [0, 0.1) is 0 Å². The summed E-state index contributed by atoms with van der Waals surface area (Å²) in [5, 5.41) is 13.7. The van der Waals surface area contributed by atoms with Gasteiger partial charge in [-0.3, -0.25) is 4.79 Å². The van der Waals surface area contributed by atoms with Crippen LogP contribution < -0.4 is 10.1 Å². The highest BCUT2D eigenvalue weighted by molar-refractivity contribution is 6.07. The van der Waals surface area contributed by atoms with Crippen LogP contribution in [-0.2, 0) is 0 Å². The van der Waals surface area contributed by atoms with Gasteiger partial charge in [0.15, 0.2) is 0 Å².